The number of anilines is 6. The highest BCUT2D eigenvalue weighted by Crippen LogP contribution is 2.53. The predicted molar refractivity (Wildman–Crippen MR) is 288 cm³/mol. The van der Waals surface area contributed by atoms with Crippen LogP contribution >= 0.6 is 0 Å². The molecule has 3 nitrogen and oxygen atoms in total. The fourth-order valence-corrected chi connectivity index (χ4v) is 12.1. The molecule has 2 aliphatic heterocycles. The summed E-state index contributed by atoms with van der Waals surface area (Å²) < 4.78 is 7.50. The summed E-state index contributed by atoms with van der Waals surface area (Å²) in [4.78, 5) is 5.14. The van der Waals surface area contributed by atoms with Gasteiger partial charge in [0.05, 0.1) is 0 Å². The molecule has 0 spiro atoms. The van der Waals surface area contributed by atoms with Gasteiger partial charge in [0.15, 0.2) is 0 Å². The molecule has 0 saturated heterocycles. The Morgan fingerprint density at radius 3 is 1.55 bits per heavy atom. The molecule has 4 aliphatic rings. The van der Waals surface area contributed by atoms with Gasteiger partial charge >= 0.3 is 0 Å². The van der Waals surface area contributed by atoms with E-state index in [1.165, 1.54) is 78.9 Å². The van der Waals surface area contributed by atoms with E-state index in [0.29, 0.717) is 0 Å². The molecule has 0 amide bonds. The van der Waals surface area contributed by atoms with Crippen molar-refractivity contribution >= 4 is 79.5 Å². The van der Waals surface area contributed by atoms with Crippen LogP contribution in [0.15, 0.2) is 96.4 Å². The molecule has 4 heteroatoms. The fraction of sp³-hybridized carbons (Fsp3) is 0.419. The molecule has 1 aromatic heterocycles. The van der Waals surface area contributed by atoms with Crippen molar-refractivity contribution < 1.29 is 4.42 Å². The summed E-state index contributed by atoms with van der Waals surface area (Å²) >= 11 is 0. The second-order valence-electron chi connectivity index (χ2n) is 25.6. The van der Waals surface area contributed by atoms with Crippen LogP contribution in [-0.4, -0.2) is 6.71 Å². The Hall–Kier alpha value is -5.22. The van der Waals surface area contributed by atoms with Gasteiger partial charge < -0.3 is 9.32 Å². The number of furan rings is 1. The number of fused-ring (bicyclic) bond motifs is 8. The lowest BCUT2D eigenvalue weighted by Gasteiger charge is -2.47. The summed E-state index contributed by atoms with van der Waals surface area (Å²) in [5, 5.41) is 1.14. The van der Waals surface area contributed by atoms with Crippen LogP contribution in [0.2, 0.25) is 0 Å². The van der Waals surface area contributed by atoms with Gasteiger partial charge in [-0.25, -0.2) is 0 Å². The minimum absolute atomic E-state index is 0.0213. The zero-order chi connectivity index (χ0) is 47.6. The fourth-order valence-electron chi connectivity index (χ4n) is 12.1. The highest BCUT2D eigenvalue weighted by Gasteiger charge is 2.49. The van der Waals surface area contributed by atoms with Gasteiger partial charge in [0.25, 0.3) is 6.71 Å². The molecule has 5 aromatic carbocycles. The van der Waals surface area contributed by atoms with Gasteiger partial charge in [-0.15, -0.1) is 0 Å². The van der Waals surface area contributed by atoms with Gasteiger partial charge in [-0.1, -0.05) is 146 Å². The van der Waals surface area contributed by atoms with Crippen LogP contribution in [0.1, 0.15) is 181 Å². The standard InChI is InChI=1S/C62H73BN2O/c1-36(2)42-32-44-53(33-43(42)37(3)4)66-56-54(44)63-49-34-47-48(62(17,18)28-27-61(47,15)16)35-50(49)64(40-21-19-38(20-22-40)57(5,6)7)51-29-39(58(8,9)10)30-52(55(51)63)65(56)41-23-24-45-46(31-41)60(13,14)26-25-59(45,11)12/h19-24,29-35H,1,3,25-28H2,2,4-18H3. The van der Waals surface area contributed by atoms with Crippen LogP contribution < -0.4 is 26.2 Å². The molecule has 66 heavy (non-hydrogen) atoms. The number of hydrogen-bond donors (Lipinski definition) is 0. The Kier molecular flexibility index (Phi) is 9.57. The van der Waals surface area contributed by atoms with E-state index in [2.05, 4.69) is 213 Å². The number of allylic oxidation sites excluding steroid dienone is 2. The molecule has 3 heterocycles. The van der Waals surface area contributed by atoms with Crippen molar-refractivity contribution in [3.05, 3.63) is 137 Å². The van der Waals surface area contributed by atoms with Crippen molar-refractivity contribution in [2.24, 2.45) is 0 Å². The monoisotopic (exact) mass is 873 g/mol. The number of benzene rings is 5. The average Bonchev–Trinajstić information content (AvgIpc) is 3.60. The lowest BCUT2D eigenvalue weighted by Crippen LogP contribution is -2.61. The quantitative estimate of drug-likeness (QED) is 0.164. The van der Waals surface area contributed by atoms with Crippen LogP contribution in [0.5, 0.6) is 0 Å². The maximum atomic E-state index is 7.50. The summed E-state index contributed by atoms with van der Waals surface area (Å²) in [5.74, 6) is 0.908. The number of nitrogens with zero attached hydrogens (tertiary/aromatic N) is 2. The van der Waals surface area contributed by atoms with E-state index < -0.39 is 0 Å². The Morgan fingerprint density at radius 1 is 0.515 bits per heavy atom. The minimum atomic E-state index is -0.139. The Morgan fingerprint density at radius 2 is 1.00 bits per heavy atom. The van der Waals surface area contributed by atoms with Crippen molar-refractivity contribution in [2.45, 2.75) is 169 Å². The van der Waals surface area contributed by atoms with E-state index in [0.717, 1.165) is 64.1 Å². The summed E-state index contributed by atoms with van der Waals surface area (Å²) in [6.07, 6.45) is 4.62. The molecule has 0 saturated carbocycles. The molecule has 0 unspecified atom stereocenters. The number of hydrogen-bond acceptors (Lipinski definition) is 3. The largest absolute Gasteiger partial charge is 0.440 e. The van der Waals surface area contributed by atoms with Gasteiger partial charge in [-0.05, 0) is 182 Å². The van der Waals surface area contributed by atoms with Crippen LogP contribution in [0.4, 0.5) is 34.3 Å². The average molecular weight is 873 g/mol. The normalized spacial score (nSPS) is 18.6. The Labute approximate surface area is 397 Å². The lowest BCUT2D eigenvalue weighted by atomic mass is 9.33. The molecule has 2 aliphatic carbocycles. The Bertz CT molecular complexity index is 3060. The molecule has 10 rings (SSSR count). The van der Waals surface area contributed by atoms with Crippen molar-refractivity contribution in [2.75, 3.05) is 9.80 Å². The minimum Gasteiger partial charge on any atom is -0.440 e. The van der Waals surface area contributed by atoms with Crippen molar-refractivity contribution in [1.29, 1.82) is 0 Å². The first-order valence-corrected chi connectivity index (χ1v) is 24.8. The van der Waals surface area contributed by atoms with Gasteiger partial charge in [0.2, 0.25) is 5.88 Å². The lowest BCUT2D eigenvalue weighted by molar-refractivity contribution is 0.332. The summed E-state index contributed by atoms with van der Waals surface area (Å²) in [6, 6.07) is 31.7. The summed E-state index contributed by atoms with van der Waals surface area (Å²) in [6.45, 7) is 46.7. The molecule has 0 radical (unpaired) electrons. The highest BCUT2D eigenvalue weighted by atomic mass is 16.4. The molecule has 6 aromatic rings. The highest BCUT2D eigenvalue weighted by molar-refractivity contribution is 7.01. The van der Waals surface area contributed by atoms with Gasteiger partial charge in [-0.2, -0.15) is 0 Å². The molecule has 340 valence electrons. The van der Waals surface area contributed by atoms with Gasteiger partial charge in [0, 0.05) is 39.3 Å². The first-order valence-electron chi connectivity index (χ1n) is 24.8. The van der Waals surface area contributed by atoms with Crippen molar-refractivity contribution in [1.82, 2.24) is 0 Å². The van der Waals surface area contributed by atoms with E-state index in [1.807, 2.05) is 0 Å². The van der Waals surface area contributed by atoms with Crippen LogP contribution in [0.25, 0.3) is 22.1 Å². The third-order valence-electron chi connectivity index (χ3n) is 16.7. The third-order valence-corrected chi connectivity index (χ3v) is 16.7. The van der Waals surface area contributed by atoms with Crippen LogP contribution in [0.3, 0.4) is 0 Å². The van der Waals surface area contributed by atoms with Gasteiger partial charge in [-0.3, -0.25) is 4.90 Å². The molecular weight excluding hydrogens is 800 g/mol. The van der Waals surface area contributed by atoms with Crippen molar-refractivity contribution in [3.63, 3.8) is 0 Å². The maximum Gasteiger partial charge on any atom is 0.257 e. The smallest absolute Gasteiger partial charge is 0.257 e. The zero-order valence-corrected chi connectivity index (χ0v) is 43.1. The zero-order valence-electron chi connectivity index (χ0n) is 43.1. The van der Waals surface area contributed by atoms with Crippen LogP contribution in [-0.2, 0) is 32.5 Å². The summed E-state index contributed by atoms with van der Waals surface area (Å²) in [7, 11) is 0. The molecule has 0 bridgehead atoms. The van der Waals surface area contributed by atoms with Crippen LogP contribution in [0, 0.1) is 0 Å². The maximum absolute atomic E-state index is 7.50. The first kappa shape index (κ1) is 44.6. The van der Waals surface area contributed by atoms with E-state index in [-0.39, 0.29) is 39.2 Å². The second kappa shape index (κ2) is 14.2. The predicted octanol–water partition coefficient (Wildman–Crippen LogP) is 15.9. The van der Waals surface area contributed by atoms with E-state index in [9.17, 15) is 0 Å². The first-order chi connectivity index (χ1) is 30.6. The van der Waals surface area contributed by atoms with Gasteiger partial charge in [0.1, 0.15) is 5.58 Å². The molecule has 0 fully saturated rings. The van der Waals surface area contributed by atoms with E-state index in [1.54, 1.807) is 0 Å². The van der Waals surface area contributed by atoms with E-state index >= 15 is 0 Å². The summed E-state index contributed by atoms with van der Waals surface area (Å²) in [5.41, 5.74) is 23.6. The number of rotatable bonds is 4. The topological polar surface area (TPSA) is 19.6 Å². The SMILES string of the molecule is C=C(C)c1cc2oc3c(c2cc1C(=C)C)B1c2cc4c(cc2N(c2ccc(C(C)(C)C)cc2)c2cc(C(C)(C)C)cc(c21)N3c1ccc2c(c1)C(C)(C)CCC2(C)C)C(C)(C)CCC4(C)C. The molecule has 0 atom stereocenters. The molecule has 0 N–H and O–H groups in total. The van der Waals surface area contributed by atoms with Crippen molar-refractivity contribution in [3.8, 4) is 0 Å². The molecular formula is C62H73BN2O. The third kappa shape index (κ3) is 6.65. The Balaban J connectivity index is 1.39. The second-order valence-corrected chi connectivity index (χ2v) is 25.6. The van der Waals surface area contributed by atoms with E-state index in [4.69, 9.17) is 4.42 Å².